The van der Waals surface area contributed by atoms with Gasteiger partial charge in [-0.3, -0.25) is 4.79 Å². The van der Waals surface area contributed by atoms with Crippen LogP contribution in [0.4, 0.5) is 10.1 Å². The van der Waals surface area contributed by atoms with Crippen molar-refractivity contribution in [3.05, 3.63) is 59.4 Å². The minimum Gasteiger partial charge on any atom is -0.322 e. The summed E-state index contributed by atoms with van der Waals surface area (Å²) in [5, 5.41) is 2.71. The van der Waals surface area contributed by atoms with Crippen molar-refractivity contribution in [3.63, 3.8) is 0 Å². The van der Waals surface area contributed by atoms with E-state index in [-0.39, 0.29) is 11.7 Å². The lowest BCUT2D eigenvalue weighted by Crippen LogP contribution is -2.12. The van der Waals surface area contributed by atoms with Crippen LogP contribution in [0, 0.1) is 12.7 Å². The van der Waals surface area contributed by atoms with Gasteiger partial charge in [-0.2, -0.15) is 0 Å². The highest BCUT2D eigenvalue weighted by Crippen LogP contribution is 2.17. The molecule has 0 aliphatic heterocycles. The van der Waals surface area contributed by atoms with Gasteiger partial charge in [0.2, 0.25) is 0 Å². The summed E-state index contributed by atoms with van der Waals surface area (Å²) < 4.78 is 13.1. The standard InChI is InChI=1S/C14H12FNOS/c1-9-8-10(6-7-12(9)15)16-14(17)11-4-2-3-5-13(11)18/h2-8,18H,1H3,(H,16,17). The predicted octanol–water partition coefficient (Wildman–Crippen LogP) is 3.68. The van der Waals surface area contributed by atoms with Crippen molar-refractivity contribution in [2.24, 2.45) is 0 Å². The maximum absolute atomic E-state index is 13.1. The fourth-order valence-electron chi connectivity index (χ4n) is 1.59. The van der Waals surface area contributed by atoms with Crippen LogP contribution in [0.25, 0.3) is 0 Å². The number of hydrogen-bond donors (Lipinski definition) is 2. The molecule has 0 aliphatic rings. The summed E-state index contributed by atoms with van der Waals surface area (Å²) in [6.45, 7) is 1.65. The lowest BCUT2D eigenvalue weighted by Gasteiger charge is -2.08. The Morgan fingerprint density at radius 2 is 1.94 bits per heavy atom. The van der Waals surface area contributed by atoms with Crippen molar-refractivity contribution in [1.29, 1.82) is 0 Å². The Bertz CT molecular complexity index is 598. The summed E-state index contributed by atoms with van der Waals surface area (Å²) in [6, 6.07) is 11.5. The molecule has 0 heterocycles. The van der Waals surface area contributed by atoms with Gasteiger partial charge in [0.05, 0.1) is 5.56 Å². The van der Waals surface area contributed by atoms with Crippen molar-refractivity contribution in [2.45, 2.75) is 11.8 Å². The molecule has 0 saturated heterocycles. The number of amides is 1. The molecule has 0 aliphatic carbocycles. The van der Waals surface area contributed by atoms with E-state index in [0.717, 1.165) is 0 Å². The van der Waals surface area contributed by atoms with Gasteiger partial charge in [-0.1, -0.05) is 12.1 Å². The molecule has 0 aromatic heterocycles. The Labute approximate surface area is 110 Å². The molecule has 4 heteroatoms. The molecule has 0 atom stereocenters. The van der Waals surface area contributed by atoms with Gasteiger partial charge in [0.1, 0.15) is 5.82 Å². The van der Waals surface area contributed by atoms with Crippen LogP contribution in [-0.2, 0) is 0 Å². The van der Waals surface area contributed by atoms with E-state index in [1.54, 1.807) is 37.3 Å². The highest BCUT2D eigenvalue weighted by molar-refractivity contribution is 7.80. The van der Waals surface area contributed by atoms with Crippen LogP contribution in [0.15, 0.2) is 47.4 Å². The number of carbonyl (C=O) groups is 1. The summed E-state index contributed by atoms with van der Waals surface area (Å²) >= 11 is 4.22. The minimum atomic E-state index is -0.289. The molecule has 0 bridgehead atoms. The van der Waals surface area contributed by atoms with Crippen LogP contribution in [0.5, 0.6) is 0 Å². The molecule has 0 saturated carbocycles. The first-order valence-electron chi connectivity index (χ1n) is 5.43. The molecular formula is C14H12FNOS. The van der Waals surface area contributed by atoms with E-state index in [0.29, 0.717) is 21.7 Å². The fraction of sp³-hybridized carbons (Fsp3) is 0.0714. The zero-order valence-electron chi connectivity index (χ0n) is 9.77. The number of rotatable bonds is 2. The van der Waals surface area contributed by atoms with Crippen LogP contribution < -0.4 is 5.32 Å². The lowest BCUT2D eigenvalue weighted by molar-refractivity contribution is 0.102. The van der Waals surface area contributed by atoms with E-state index < -0.39 is 0 Å². The molecule has 2 aromatic carbocycles. The second kappa shape index (κ2) is 5.23. The number of benzene rings is 2. The Kier molecular flexibility index (Phi) is 3.67. The molecular weight excluding hydrogens is 249 g/mol. The molecule has 0 spiro atoms. The molecule has 0 unspecified atom stereocenters. The zero-order valence-corrected chi connectivity index (χ0v) is 10.7. The molecule has 18 heavy (non-hydrogen) atoms. The van der Waals surface area contributed by atoms with E-state index in [2.05, 4.69) is 17.9 Å². The van der Waals surface area contributed by atoms with Gasteiger partial charge in [-0.15, -0.1) is 12.6 Å². The van der Waals surface area contributed by atoms with Crippen molar-refractivity contribution in [1.82, 2.24) is 0 Å². The monoisotopic (exact) mass is 261 g/mol. The second-order valence-corrected chi connectivity index (χ2v) is 4.42. The molecule has 0 radical (unpaired) electrons. The van der Waals surface area contributed by atoms with E-state index in [4.69, 9.17) is 0 Å². The van der Waals surface area contributed by atoms with Crippen LogP contribution >= 0.6 is 12.6 Å². The Balaban J connectivity index is 2.22. The smallest absolute Gasteiger partial charge is 0.256 e. The summed E-state index contributed by atoms with van der Waals surface area (Å²) in [6.07, 6.45) is 0. The Hall–Kier alpha value is -1.81. The second-order valence-electron chi connectivity index (χ2n) is 3.94. The van der Waals surface area contributed by atoms with Crippen molar-refractivity contribution in [3.8, 4) is 0 Å². The molecule has 2 nitrogen and oxygen atoms in total. The first-order chi connectivity index (χ1) is 8.58. The highest BCUT2D eigenvalue weighted by atomic mass is 32.1. The van der Waals surface area contributed by atoms with Gasteiger partial charge in [0.15, 0.2) is 0 Å². The summed E-state index contributed by atoms with van der Waals surface area (Å²) in [7, 11) is 0. The van der Waals surface area contributed by atoms with E-state index >= 15 is 0 Å². The Morgan fingerprint density at radius 1 is 1.22 bits per heavy atom. The zero-order chi connectivity index (χ0) is 13.1. The number of aryl methyl sites for hydroxylation is 1. The average Bonchev–Trinajstić information content (AvgIpc) is 2.34. The maximum Gasteiger partial charge on any atom is 0.256 e. The lowest BCUT2D eigenvalue weighted by atomic mass is 10.2. The van der Waals surface area contributed by atoms with Gasteiger partial charge in [0.25, 0.3) is 5.91 Å². The largest absolute Gasteiger partial charge is 0.322 e. The minimum absolute atomic E-state index is 0.258. The number of hydrogen-bond acceptors (Lipinski definition) is 2. The van der Waals surface area contributed by atoms with Gasteiger partial charge in [-0.05, 0) is 42.8 Å². The van der Waals surface area contributed by atoms with Crippen LogP contribution in [0.3, 0.4) is 0 Å². The topological polar surface area (TPSA) is 29.1 Å². The molecule has 1 N–H and O–H groups in total. The molecule has 0 fully saturated rings. The number of thiol groups is 1. The van der Waals surface area contributed by atoms with Gasteiger partial charge in [0, 0.05) is 10.6 Å². The van der Waals surface area contributed by atoms with Crippen LogP contribution in [-0.4, -0.2) is 5.91 Å². The predicted molar refractivity (Wildman–Crippen MR) is 72.8 cm³/mol. The van der Waals surface area contributed by atoms with Crippen molar-refractivity contribution < 1.29 is 9.18 Å². The maximum atomic E-state index is 13.1. The number of carbonyl (C=O) groups excluding carboxylic acids is 1. The third kappa shape index (κ3) is 2.71. The van der Waals surface area contributed by atoms with E-state index in [1.165, 1.54) is 12.1 Å². The normalized spacial score (nSPS) is 10.2. The Morgan fingerprint density at radius 3 is 2.61 bits per heavy atom. The molecule has 2 rings (SSSR count). The summed E-state index contributed by atoms with van der Waals surface area (Å²) in [4.78, 5) is 12.6. The fourth-order valence-corrected chi connectivity index (χ4v) is 1.85. The van der Waals surface area contributed by atoms with Gasteiger partial charge >= 0.3 is 0 Å². The SMILES string of the molecule is Cc1cc(NC(=O)c2ccccc2S)ccc1F. The van der Waals surface area contributed by atoms with E-state index in [1.807, 2.05) is 0 Å². The highest BCUT2D eigenvalue weighted by Gasteiger charge is 2.09. The quantitative estimate of drug-likeness (QED) is 0.793. The first-order valence-corrected chi connectivity index (χ1v) is 5.88. The number of anilines is 1. The van der Waals surface area contributed by atoms with Crippen molar-refractivity contribution in [2.75, 3.05) is 5.32 Å². The summed E-state index contributed by atoms with van der Waals surface area (Å²) in [5.74, 6) is -0.547. The van der Waals surface area contributed by atoms with Crippen molar-refractivity contribution >= 4 is 24.2 Å². The molecule has 2 aromatic rings. The third-order valence-electron chi connectivity index (χ3n) is 2.56. The van der Waals surface area contributed by atoms with Gasteiger partial charge in [-0.25, -0.2) is 4.39 Å². The molecule has 1 amide bonds. The molecule has 92 valence electrons. The van der Waals surface area contributed by atoms with Crippen LogP contribution in [0.1, 0.15) is 15.9 Å². The van der Waals surface area contributed by atoms with Gasteiger partial charge < -0.3 is 5.32 Å². The third-order valence-corrected chi connectivity index (χ3v) is 2.95. The number of nitrogens with one attached hydrogen (secondary N) is 1. The average molecular weight is 261 g/mol. The number of halogens is 1. The summed E-state index contributed by atoms with van der Waals surface area (Å²) in [5.41, 5.74) is 1.55. The van der Waals surface area contributed by atoms with Crippen LogP contribution in [0.2, 0.25) is 0 Å². The van der Waals surface area contributed by atoms with E-state index in [9.17, 15) is 9.18 Å². The first kappa shape index (κ1) is 12.6.